The third-order valence-corrected chi connectivity index (χ3v) is 7.08. The molecular weight excluding hydrogens is 454 g/mol. The fourth-order valence-corrected chi connectivity index (χ4v) is 5.25. The van der Waals surface area contributed by atoms with Crippen molar-refractivity contribution in [2.24, 2.45) is 4.99 Å². The molecule has 182 valence electrons. The predicted molar refractivity (Wildman–Crippen MR) is 133 cm³/mol. The number of unbranched alkanes of at least 4 members (excludes halogenated alkanes) is 1. The summed E-state index contributed by atoms with van der Waals surface area (Å²) in [5.41, 5.74) is 2.97. The summed E-state index contributed by atoms with van der Waals surface area (Å²) in [6.07, 6.45) is 4.01. The van der Waals surface area contributed by atoms with Crippen LogP contribution in [0, 0.1) is 0 Å². The molecule has 1 aliphatic carbocycles. The molecule has 1 aliphatic heterocycles. The van der Waals surface area contributed by atoms with Crippen molar-refractivity contribution < 1.29 is 18.3 Å². The van der Waals surface area contributed by atoms with Crippen molar-refractivity contribution in [2.45, 2.75) is 81.9 Å². The van der Waals surface area contributed by atoms with Crippen LogP contribution in [0.25, 0.3) is 11.1 Å². The lowest BCUT2D eigenvalue weighted by Crippen LogP contribution is -2.40. The van der Waals surface area contributed by atoms with Gasteiger partial charge in [-0.05, 0) is 47.6 Å². The second-order valence-electron chi connectivity index (χ2n) is 9.18. The number of thiol groups is 1. The van der Waals surface area contributed by atoms with Crippen molar-refractivity contribution in [1.82, 2.24) is 4.90 Å². The molecule has 0 radical (unpaired) electrons. The molecule has 0 unspecified atom stereocenters. The second kappa shape index (κ2) is 11.0. The lowest BCUT2D eigenvalue weighted by Gasteiger charge is -2.23. The van der Waals surface area contributed by atoms with E-state index in [-0.39, 0.29) is 12.5 Å². The zero-order chi connectivity index (χ0) is 24.1. The van der Waals surface area contributed by atoms with Crippen molar-refractivity contribution in [3.63, 3.8) is 0 Å². The first kappa shape index (κ1) is 24.9. The largest absolute Gasteiger partial charge is 0.371 e. The SMILES string of the molecule is CCCCC1=NC2(CCCC2)C(=O)N1Cc1ccc(-c2ccccc2S)c(COCC(F)F)c1. The normalized spacial score (nSPS) is 17.3. The number of benzene rings is 2. The van der Waals surface area contributed by atoms with E-state index < -0.39 is 18.6 Å². The molecule has 1 fully saturated rings. The average Bonchev–Trinajstić information content (AvgIpc) is 3.39. The summed E-state index contributed by atoms with van der Waals surface area (Å²) >= 11 is 4.57. The summed E-state index contributed by atoms with van der Waals surface area (Å²) in [5, 5.41) is 0. The Hall–Kier alpha value is -2.25. The van der Waals surface area contributed by atoms with Crippen LogP contribution in [0.5, 0.6) is 0 Å². The number of rotatable bonds is 10. The number of halogens is 2. The van der Waals surface area contributed by atoms with E-state index in [1.807, 2.05) is 47.4 Å². The van der Waals surface area contributed by atoms with E-state index in [0.717, 1.165) is 77.9 Å². The minimum atomic E-state index is -2.52. The summed E-state index contributed by atoms with van der Waals surface area (Å²) in [6.45, 7) is 2.00. The first-order chi connectivity index (χ1) is 16.4. The zero-order valence-corrected chi connectivity index (χ0v) is 20.5. The molecule has 1 saturated carbocycles. The second-order valence-corrected chi connectivity index (χ2v) is 9.66. The Morgan fingerprint density at radius 3 is 2.62 bits per heavy atom. The van der Waals surface area contributed by atoms with E-state index in [9.17, 15) is 13.6 Å². The van der Waals surface area contributed by atoms with Gasteiger partial charge in [-0.3, -0.25) is 14.7 Å². The number of amides is 1. The van der Waals surface area contributed by atoms with E-state index in [0.29, 0.717) is 6.54 Å². The minimum Gasteiger partial charge on any atom is -0.371 e. The first-order valence-corrected chi connectivity index (χ1v) is 12.5. The van der Waals surface area contributed by atoms with Crippen molar-refractivity contribution in [3.05, 3.63) is 53.6 Å². The van der Waals surface area contributed by atoms with Crippen LogP contribution in [-0.4, -0.2) is 35.2 Å². The number of alkyl halides is 2. The van der Waals surface area contributed by atoms with Gasteiger partial charge in [-0.1, -0.05) is 62.6 Å². The van der Waals surface area contributed by atoms with E-state index >= 15 is 0 Å². The topological polar surface area (TPSA) is 41.9 Å². The fraction of sp³-hybridized carbons (Fsp3) is 0.481. The Labute approximate surface area is 205 Å². The summed E-state index contributed by atoms with van der Waals surface area (Å²) in [6, 6.07) is 13.6. The van der Waals surface area contributed by atoms with Crippen molar-refractivity contribution in [2.75, 3.05) is 6.61 Å². The van der Waals surface area contributed by atoms with Crippen LogP contribution in [0.3, 0.4) is 0 Å². The van der Waals surface area contributed by atoms with Crippen LogP contribution in [-0.2, 0) is 22.7 Å². The quantitative estimate of drug-likeness (QED) is 0.381. The van der Waals surface area contributed by atoms with Gasteiger partial charge in [-0.2, -0.15) is 0 Å². The Bertz CT molecular complexity index is 1050. The maximum atomic E-state index is 13.5. The number of amidine groups is 1. The number of nitrogens with zero attached hydrogens (tertiary/aromatic N) is 2. The zero-order valence-electron chi connectivity index (χ0n) is 19.6. The number of ether oxygens (including phenoxy) is 1. The van der Waals surface area contributed by atoms with Crippen LogP contribution < -0.4 is 0 Å². The van der Waals surface area contributed by atoms with Gasteiger partial charge < -0.3 is 4.74 Å². The van der Waals surface area contributed by atoms with Gasteiger partial charge in [0, 0.05) is 11.3 Å². The van der Waals surface area contributed by atoms with Gasteiger partial charge >= 0.3 is 0 Å². The third kappa shape index (κ3) is 5.36. The molecule has 0 N–H and O–H groups in total. The van der Waals surface area contributed by atoms with Gasteiger partial charge in [0.25, 0.3) is 12.3 Å². The maximum absolute atomic E-state index is 13.5. The van der Waals surface area contributed by atoms with Crippen LogP contribution >= 0.6 is 12.6 Å². The molecule has 0 bridgehead atoms. The van der Waals surface area contributed by atoms with Crippen LogP contribution in [0.15, 0.2) is 52.4 Å². The highest BCUT2D eigenvalue weighted by molar-refractivity contribution is 7.80. The van der Waals surface area contributed by atoms with Gasteiger partial charge in [-0.25, -0.2) is 8.78 Å². The monoisotopic (exact) mass is 486 g/mol. The molecule has 0 atom stereocenters. The van der Waals surface area contributed by atoms with Crippen LogP contribution in [0.2, 0.25) is 0 Å². The van der Waals surface area contributed by atoms with E-state index in [1.165, 1.54) is 0 Å². The molecule has 34 heavy (non-hydrogen) atoms. The van der Waals surface area contributed by atoms with Gasteiger partial charge in [0.15, 0.2) is 0 Å². The van der Waals surface area contributed by atoms with Crippen molar-refractivity contribution in [1.29, 1.82) is 0 Å². The lowest BCUT2D eigenvalue weighted by atomic mass is 9.96. The Morgan fingerprint density at radius 1 is 1.15 bits per heavy atom. The average molecular weight is 487 g/mol. The van der Waals surface area contributed by atoms with Crippen LogP contribution in [0.4, 0.5) is 8.78 Å². The van der Waals surface area contributed by atoms with Gasteiger partial charge in [0.2, 0.25) is 0 Å². The smallest absolute Gasteiger partial charge is 0.261 e. The van der Waals surface area contributed by atoms with E-state index in [1.54, 1.807) is 0 Å². The van der Waals surface area contributed by atoms with E-state index in [2.05, 4.69) is 19.6 Å². The number of carbonyl (C=O) groups is 1. The predicted octanol–water partition coefficient (Wildman–Crippen LogP) is 6.67. The maximum Gasteiger partial charge on any atom is 0.261 e. The summed E-state index contributed by atoms with van der Waals surface area (Å²) in [4.78, 5) is 21.1. The van der Waals surface area contributed by atoms with E-state index in [4.69, 9.17) is 9.73 Å². The van der Waals surface area contributed by atoms with Crippen molar-refractivity contribution >= 4 is 24.4 Å². The Balaban J connectivity index is 1.62. The Kier molecular flexibility index (Phi) is 8.04. The molecule has 7 heteroatoms. The molecule has 4 rings (SSSR count). The molecule has 1 spiro atoms. The molecule has 1 amide bonds. The summed E-state index contributed by atoms with van der Waals surface area (Å²) in [5.74, 6) is 0.991. The van der Waals surface area contributed by atoms with Gasteiger partial charge in [0.05, 0.1) is 13.2 Å². The molecule has 4 nitrogen and oxygen atoms in total. The molecule has 2 aromatic rings. The summed E-state index contributed by atoms with van der Waals surface area (Å²) < 4.78 is 30.7. The highest BCUT2D eigenvalue weighted by Gasteiger charge is 2.49. The number of hydrogen-bond donors (Lipinski definition) is 1. The number of carbonyl (C=O) groups excluding carboxylic acids is 1. The molecule has 0 aromatic heterocycles. The molecule has 2 aromatic carbocycles. The van der Waals surface area contributed by atoms with Crippen LogP contribution in [0.1, 0.15) is 63.0 Å². The first-order valence-electron chi connectivity index (χ1n) is 12.1. The minimum absolute atomic E-state index is 0.0598. The number of hydrogen-bond acceptors (Lipinski definition) is 4. The fourth-order valence-electron chi connectivity index (χ4n) is 4.97. The Morgan fingerprint density at radius 2 is 1.91 bits per heavy atom. The molecule has 2 aliphatic rings. The molecular formula is C27H32F2N2O2S. The van der Waals surface area contributed by atoms with Crippen molar-refractivity contribution in [3.8, 4) is 11.1 Å². The highest BCUT2D eigenvalue weighted by Crippen LogP contribution is 2.40. The van der Waals surface area contributed by atoms with Gasteiger partial charge in [0.1, 0.15) is 18.0 Å². The standard InChI is InChI=1S/C27H32F2N2O2S/c1-2-3-10-25-30-27(13-6-7-14-27)26(32)31(25)16-19-11-12-21(22-8-4-5-9-23(22)34)20(15-19)17-33-18-24(28)29/h4-5,8-9,11-12,15,24,34H,2-3,6-7,10,13-14,16-18H2,1H3. The highest BCUT2D eigenvalue weighted by atomic mass is 32.1. The third-order valence-electron chi connectivity index (χ3n) is 6.69. The number of aliphatic imine (C=N–C) groups is 1. The summed E-state index contributed by atoms with van der Waals surface area (Å²) in [7, 11) is 0. The lowest BCUT2D eigenvalue weighted by molar-refractivity contribution is -0.131. The molecule has 1 heterocycles. The molecule has 0 saturated heterocycles. The van der Waals surface area contributed by atoms with Gasteiger partial charge in [-0.15, -0.1) is 12.6 Å².